The molecule has 5 nitrogen and oxygen atoms in total. The Morgan fingerprint density at radius 1 is 1.21 bits per heavy atom. The molecule has 0 unspecified atom stereocenters. The van der Waals surface area contributed by atoms with Crippen molar-refractivity contribution in [2.75, 3.05) is 6.73 Å². The lowest BCUT2D eigenvalue weighted by atomic mass is 10.2. The minimum Gasteiger partial charge on any atom is -0.268 e. The number of sulfonamides is 1. The molecule has 0 saturated carbocycles. The normalized spacial score (nSPS) is 18.4. The predicted molar refractivity (Wildman–Crippen MR) is 45.4 cm³/mol. The van der Waals surface area contributed by atoms with Crippen molar-refractivity contribution < 1.29 is 18.3 Å². The molecule has 0 bridgehead atoms. The Morgan fingerprint density at radius 2 is 1.86 bits per heavy atom. The summed E-state index contributed by atoms with van der Waals surface area (Å²) in [6.07, 6.45) is 0. The SMILES string of the molecule is [O]CN1C(=O)c2ccccc2S1(=O)=O. The first-order chi connectivity index (χ1) is 6.59. The van der Waals surface area contributed by atoms with Crippen molar-refractivity contribution in [2.45, 2.75) is 4.90 Å². The number of hydrogen-bond acceptors (Lipinski definition) is 3. The van der Waals surface area contributed by atoms with Gasteiger partial charge in [-0.1, -0.05) is 12.1 Å². The maximum Gasteiger partial charge on any atom is 0.271 e. The van der Waals surface area contributed by atoms with Crippen LogP contribution in [0, 0.1) is 0 Å². The van der Waals surface area contributed by atoms with E-state index in [2.05, 4.69) is 0 Å². The zero-order chi connectivity index (χ0) is 10.3. The second-order valence-corrected chi connectivity index (χ2v) is 4.61. The van der Waals surface area contributed by atoms with Crippen LogP contribution in [0.5, 0.6) is 0 Å². The van der Waals surface area contributed by atoms with Gasteiger partial charge in [0.15, 0.2) is 6.73 Å². The van der Waals surface area contributed by atoms with Crippen molar-refractivity contribution in [1.82, 2.24) is 4.31 Å². The van der Waals surface area contributed by atoms with Crippen LogP contribution >= 0.6 is 0 Å². The third-order valence-electron chi connectivity index (χ3n) is 2.03. The van der Waals surface area contributed by atoms with E-state index in [9.17, 15) is 18.3 Å². The van der Waals surface area contributed by atoms with Gasteiger partial charge >= 0.3 is 0 Å². The van der Waals surface area contributed by atoms with Gasteiger partial charge in [-0.05, 0) is 12.1 Å². The van der Waals surface area contributed by atoms with E-state index < -0.39 is 22.7 Å². The van der Waals surface area contributed by atoms with Gasteiger partial charge in [-0.2, -0.15) is 0 Å². The van der Waals surface area contributed by atoms with Crippen LogP contribution in [0.25, 0.3) is 0 Å². The van der Waals surface area contributed by atoms with E-state index in [1.54, 1.807) is 6.07 Å². The number of nitrogens with zero attached hydrogens (tertiary/aromatic N) is 1. The Morgan fingerprint density at radius 3 is 2.43 bits per heavy atom. The van der Waals surface area contributed by atoms with Crippen LogP contribution in [0.1, 0.15) is 10.4 Å². The molecule has 1 aliphatic rings. The standard InChI is InChI=1S/C8H6NO4S/c10-5-9-8(11)6-3-1-2-4-7(6)14(9,12)13/h1-4H,5H2. The fourth-order valence-electron chi connectivity index (χ4n) is 1.36. The predicted octanol–water partition coefficient (Wildman–Crippen LogP) is 0.219. The van der Waals surface area contributed by atoms with Crippen molar-refractivity contribution in [3.8, 4) is 0 Å². The lowest BCUT2D eigenvalue weighted by Crippen LogP contribution is -2.30. The molecule has 0 N–H and O–H groups in total. The van der Waals surface area contributed by atoms with Crippen LogP contribution in [0.2, 0.25) is 0 Å². The molecule has 73 valence electrons. The molecule has 0 saturated heterocycles. The average Bonchev–Trinajstić information content (AvgIpc) is 2.36. The molecule has 2 rings (SSSR count). The number of carbonyl (C=O) groups is 1. The van der Waals surface area contributed by atoms with Crippen molar-refractivity contribution in [3.63, 3.8) is 0 Å². The summed E-state index contributed by atoms with van der Waals surface area (Å²) >= 11 is 0. The fourth-order valence-corrected chi connectivity index (χ4v) is 2.74. The summed E-state index contributed by atoms with van der Waals surface area (Å²) < 4.78 is 23.4. The molecule has 6 heteroatoms. The van der Waals surface area contributed by atoms with E-state index in [0.29, 0.717) is 4.31 Å². The highest BCUT2D eigenvalue weighted by Gasteiger charge is 2.40. The van der Waals surface area contributed by atoms with Gasteiger partial charge in [0, 0.05) is 0 Å². The van der Waals surface area contributed by atoms with Crippen LogP contribution in [0.4, 0.5) is 0 Å². The van der Waals surface area contributed by atoms with Crippen LogP contribution in [-0.2, 0) is 15.1 Å². The van der Waals surface area contributed by atoms with Crippen molar-refractivity contribution in [2.24, 2.45) is 0 Å². The fraction of sp³-hybridized carbons (Fsp3) is 0.125. The second kappa shape index (κ2) is 2.79. The van der Waals surface area contributed by atoms with Gasteiger partial charge in [-0.25, -0.2) is 17.8 Å². The van der Waals surface area contributed by atoms with Crippen LogP contribution in [-0.4, -0.2) is 25.4 Å². The van der Waals surface area contributed by atoms with Crippen LogP contribution < -0.4 is 0 Å². The minimum absolute atomic E-state index is 0.0725. The van der Waals surface area contributed by atoms with Crippen molar-refractivity contribution in [3.05, 3.63) is 29.8 Å². The maximum absolute atomic E-state index is 11.5. The van der Waals surface area contributed by atoms with Gasteiger partial charge in [0.25, 0.3) is 15.9 Å². The van der Waals surface area contributed by atoms with E-state index in [0.717, 1.165) is 0 Å². The lowest BCUT2D eigenvalue weighted by molar-refractivity contribution is 0.0648. The second-order valence-electron chi connectivity index (χ2n) is 2.78. The third-order valence-corrected chi connectivity index (χ3v) is 3.79. The van der Waals surface area contributed by atoms with Crippen molar-refractivity contribution >= 4 is 15.9 Å². The lowest BCUT2D eigenvalue weighted by Gasteiger charge is -2.08. The highest BCUT2D eigenvalue weighted by atomic mass is 32.2. The molecule has 1 heterocycles. The van der Waals surface area contributed by atoms with E-state index in [1.165, 1.54) is 18.2 Å². The van der Waals surface area contributed by atoms with E-state index in [4.69, 9.17) is 0 Å². The molecular weight excluding hydrogens is 206 g/mol. The first-order valence-corrected chi connectivity index (χ1v) is 5.27. The Labute approximate surface area is 80.6 Å². The first-order valence-electron chi connectivity index (χ1n) is 3.83. The molecule has 1 radical (unpaired) electrons. The summed E-state index contributed by atoms with van der Waals surface area (Å²) in [6.45, 7) is -1.07. The van der Waals surface area contributed by atoms with E-state index in [1.807, 2.05) is 0 Å². The largest absolute Gasteiger partial charge is 0.271 e. The summed E-state index contributed by atoms with van der Waals surface area (Å²) in [5.74, 6) is -0.740. The van der Waals surface area contributed by atoms with Gasteiger partial charge < -0.3 is 0 Å². The molecule has 0 atom stereocenters. The van der Waals surface area contributed by atoms with Crippen LogP contribution in [0.15, 0.2) is 29.2 Å². The number of carbonyl (C=O) groups excluding carboxylic acids is 1. The smallest absolute Gasteiger partial charge is 0.268 e. The van der Waals surface area contributed by atoms with Crippen LogP contribution in [0.3, 0.4) is 0 Å². The molecule has 0 spiro atoms. The Balaban J connectivity index is 2.74. The quantitative estimate of drug-likeness (QED) is 0.668. The van der Waals surface area contributed by atoms with Crippen molar-refractivity contribution in [1.29, 1.82) is 0 Å². The molecule has 0 aromatic heterocycles. The zero-order valence-electron chi connectivity index (χ0n) is 7.00. The molecule has 1 aromatic carbocycles. The Bertz CT molecular complexity index is 494. The molecule has 1 aliphatic heterocycles. The number of hydrogen-bond donors (Lipinski definition) is 0. The molecule has 0 fully saturated rings. The average molecular weight is 212 g/mol. The van der Waals surface area contributed by atoms with Gasteiger partial charge in [0.1, 0.15) is 4.90 Å². The summed E-state index contributed by atoms with van der Waals surface area (Å²) in [5.41, 5.74) is 0.0725. The highest BCUT2D eigenvalue weighted by Crippen LogP contribution is 2.28. The van der Waals surface area contributed by atoms with E-state index in [-0.39, 0.29) is 10.5 Å². The molecule has 14 heavy (non-hydrogen) atoms. The highest BCUT2D eigenvalue weighted by molar-refractivity contribution is 7.90. The summed E-state index contributed by atoms with van der Waals surface area (Å²) in [4.78, 5) is 11.3. The molecule has 0 aliphatic carbocycles. The number of amides is 1. The monoisotopic (exact) mass is 212 g/mol. The summed E-state index contributed by atoms with van der Waals surface area (Å²) in [6, 6.07) is 5.78. The van der Waals surface area contributed by atoms with Gasteiger partial charge in [-0.3, -0.25) is 4.79 Å². The van der Waals surface area contributed by atoms with Gasteiger partial charge in [0.2, 0.25) is 0 Å². The minimum atomic E-state index is -3.87. The Kier molecular flexibility index (Phi) is 1.83. The van der Waals surface area contributed by atoms with Gasteiger partial charge in [-0.15, -0.1) is 0 Å². The zero-order valence-corrected chi connectivity index (χ0v) is 7.82. The number of fused-ring (bicyclic) bond motifs is 1. The number of benzene rings is 1. The first kappa shape index (κ1) is 9.17. The maximum atomic E-state index is 11.5. The summed E-state index contributed by atoms with van der Waals surface area (Å²) in [7, 11) is -3.87. The third kappa shape index (κ3) is 0.978. The number of rotatable bonds is 1. The molecular formula is C8H6NO4S. The molecule has 1 aromatic rings. The Hall–Kier alpha value is -1.40. The van der Waals surface area contributed by atoms with Gasteiger partial charge in [0.05, 0.1) is 5.56 Å². The van der Waals surface area contributed by atoms with E-state index >= 15 is 0 Å². The topological polar surface area (TPSA) is 74.3 Å². The summed E-state index contributed by atoms with van der Waals surface area (Å²) in [5, 5.41) is 10.6. The molecule has 1 amide bonds.